The molecule has 0 N–H and O–H groups in total. The highest BCUT2D eigenvalue weighted by atomic mass is 16.2. The Morgan fingerprint density at radius 2 is 1.62 bits per heavy atom. The summed E-state index contributed by atoms with van der Waals surface area (Å²) in [6, 6.07) is 0.790. The van der Waals surface area contributed by atoms with Crippen LogP contribution in [0.25, 0.3) is 0 Å². The number of nitrogens with zero attached hydrogens (tertiary/aromatic N) is 4. The summed E-state index contributed by atoms with van der Waals surface area (Å²) in [5.74, 6) is 0.253. The largest absolute Gasteiger partial charge is 0.343 e. The number of hydrogen-bond donors (Lipinski definition) is 0. The van der Waals surface area contributed by atoms with Crippen molar-refractivity contribution in [2.75, 3.05) is 58.9 Å². The zero-order valence-corrected chi connectivity index (χ0v) is 12.7. The molecule has 2 amide bonds. The summed E-state index contributed by atoms with van der Waals surface area (Å²) in [6.45, 7) is 7.45. The van der Waals surface area contributed by atoms with Crippen LogP contribution in [0.15, 0.2) is 0 Å². The van der Waals surface area contributed by atoms with Crippen LogP contribution in [-0.2, 0) is 9.59 Å². The Morgan fingerprint density at radius 1 is 0.952 bits per heavy atom. The fourth-order valence-electron chi connectivity index (χ4n) is 3.41. The highest BCUT2D eigenvalue weighted by Crippen LogP contribution is 2.25. The Morgan fingerprint density at radius 3 is 2.14 bits per heavy atom. The Kier molecular flexibility index (Phi) is 4.75. The zero-order chi connectivity index (χ0) is 14.7. The molecular weight excluding hydrogens is 268 g/mol. The van der Waals surface area contributed by atoms with Gasteiger partial charge in [-0.15, -0.1) is 0 Å². The van der Waals surface area contributed by atoms with Crippen molar-refractivity contribution in [3.63, 3.8) is 0 Å². The van der Waals surface area contributed by atoms with E-state index in [0.717, 1.165) is 64.8 Å². The molecule has 2 heterocycles. The smallest absolute Gasteiger partial charge is 0.236 e. The van der Waals surface area contributed by atoms with Gasteiger partial charge in [-0.1, -0.05) is 6.42 Å². The van der Waals surface area contributed by atoms with Crippen LogP contribution >= 0.6 is 0 Å². The van der Waals surface area contributed by atoms with E-state index in [1.54, 1.807) is 4.90 Å². The molecule has 118 valence electrons. The predicted octanol–water partition coefficient (Wildman–Crippen LogP) is -0.543. The van der Waals surface area contributed by atoms with Gasteiger partial charge < -0.3 is 9.80 Å². The summed E-state index contributed by atoms with van der Waals surface area (Å²) in [7, 11) is 0. The second-order valence-corrected chi connectivity index (χ2v) is 6.42. The molecule has 0 atom stereocenters. The maximum atomic E-state index is 12.4. The zero-order valence-electron chi connectivity index (χ0n) is 12.7. The summed E-state index contributed by atoms with van der Waals surface area (Å²) >= 11 is 0. The highest BCUT2D eigenvalue weighted by Gasteiger charge is 2.30. The fraction of sp³-hybridized carbons (Fsp3) is 0.867. The average molecular weight is 294 g/mol. The molecule has 0 bridgehead atoms. The molecule has 2 aliphatic heterocycles. The molecular formula is C15H26N4O2. The van der Waals surface area contributed by atoms with E-state index in [-0.39, 0.29) is 5.91 Å². The molecule has 0 unspecified atom stereocenters. The molecule has 1 saturated carbocycles. The first-order valence-electron chi connectivity index (χ1n) is 8.20. The van der Waals surface area contributed by atoms with E-state index in [1.165, 1.54) is 19.3 Å². The molecule has 3 rings (SSSR count). The molecule has 0 aromatic heterocycles. The van der Waals surface area contributed by atoms with Crippen LogP contribution in [0.3, 0.4) is 0 Å². The molecule has 3 aliphatic rings. The first-order chi connectivity index (χ1) is 10.3. The van der Waals surface area contributed by atoms with Crippen molar-refractivity contribution in [1.82, 2.24) is 19.6 Å². The lowest BCUT2D eigenvalue weighted by Crippen LogP contribution is -2.56. The lowest BCUT2D eigenvalue weighted by Gasteiger charge is -2.43. The number of hydrogen-bond acceptors (Lipinski definition) is 4. The number of carbonyl (C=O) groups excluding carboxylic acids is 2. The van der Waals surface area contributed by atoms with Crippen molar-refractivity contribution in [2.24, 2.45) is 0 Å². The van der Waals surface area contributed by atoms with Gasteiger partial charge in [-0.3, -0.25) is 19.4 Å². The van der Waals surface area contributed by atoms with Gasteiger partial charge in [-0.2, -0.15) is 0 Å². The van der Waals surface area contributed by atoms with E-state index in [1.807, 2.05) is 4.90 Å². The average Bonchev–Trinajstić information content (AvgIpc) is 2.47. The van der Waals surface area contributed by atoms with Crippen molar-refractivity contribution in [2.45, 2.75) is 25.3 Å². The third-order valence-electron chi connectivity index (χ3n) is 5.17. The monoisotopic (exact) mass is 294 g/mol. The Hall–Kier alpha value is -1.14. The summed E-state index contributed by atoms with van der Waals surface area (Å²) < 4.78 is 0. The van der Waals surface area contributed by atoms with E-state index in [4.69, 9.17) is 0 Å². The molecule has 6 heteroatoms. The van der Waals surface area contributed by atoms with Crippen LogP contribution in [0.1, 0.15) is 19.3 Å². The number of carbonyl (C=O) groups is 2. The van der Waals surface area contributed by atoms with Crippen LogP contribution in [0.5, 0.6) is 0 Å². The second kappa shape index (κ2) is 6.75. The number of rotatable bonds is 4. The van der Waals surface area contributed by atoms with E-state index < -0.39 is 0 Å². The molecule has 3 fully saturated rings. The third-order valence-corrected chi connectivity index (χ3v) is 5.17. The van der Waals surface area contributed by atoms with Gasteiger partial charge in [-0.25, -0.2) is 0 Å². The lowest BCUT2D eigenvalue weighted by molar-refractivity contribution is -0.135. The van der Waals surface area contributed by atoms with E-state index in [2.05, 4.69) is 9.80 Å². The van der Waals surface area contributed by atoms with Gasteiger partial charge in [-0.05, 0) is 12.8 Å². The molecule has 1 aliphatic carbocycles. The van der Waals surface area contributed by atoms with Crippen LogP contribution in [-0.4, -0.2) is 96.9 Å². The van der Waals surface area contributed by atoms with Gasteiger partial charge >= 0.3 is 0 Å². The second-order valence-electron chi connectivity index (χ2n) is 6.42. The maximum absolute atomic E-state index is 12.4. The van der Waals surface area contributed by atoms with Gasteiger partial charge in [0.05, 0.1) is 6.54 Å². The van der Waals surface area contributed by atoms with Gasteiger partial charge in [0.1, 0.15) is 0 Å². The molecule has 0 spiro atoms. The maximum Gasteiger partial charge on any atom is 0.236 e. The summed E-state index contributed by atoms with van der Waals surface area (Å²) in [6.07, 6.45) is 4.96. The van der Waals surface area contributed by atoms with Gasteiger partial charge in [0, 0.05) is 58.4 Å². The first-order valence-corrected chi connectivity index (χ1v) is 8.20. The summed E-state index contributed by atoms with van der Waals surface area (Å²) in [4.78, 5) is 31.5. The Labute approximate surface area is 126 Å². The van der Waals surface area contributed by atoms with Crippen molar-refractivity contribution in [1.29, 1.82) is 0 Å². The fourth-order valence-corrected chi connectivity index (χ4v) is 3.41. The van der Waals surface area contributed by atoms with Crippen molar-refractivity contribution < 1.29 is 9.59 Å². The summed E-state index contributed by atoms with van der Waals surface area (Å²) in [5.41, 5.74) is 0. The molecule has 6 nitrogen and oxygen atoms in total. The Bertz CT molecular complexity index is 370. The van der Waals surface area contributed by atoms with Gasteiger partial charge in [0.2, 0.25) is 12.3 Å². The van der Waals surface area contributed by atoms with E-state index in [9.17, 15) is 9.59 Å². The quantitative estimate of drug-likeness (QED) is 0.653. The van der Waals surface area contributed by atoms with Gasteiger partial charge in [0.25, 0.3) is 0 Å². The Balaban J connectivity index is 1.39. The minimum Gasteiger partial charge on any atom is -0.343 e. The van der Waals surface area contributed by atoms with Crippen molar-refractivity contribution in [3.8, 4) is 0 Å². The molecule has 21 heavy (non-hydrogen) atoms. The predicted molar refractivity (Wildman–Crippen MR) is 79.9 cm³/mol. The molecule has 0 radical (unpaired) electrons. The SMILES string of the molecule is O=CN1CCN(CC(=O)N2CCN(C3CCC3)CC2)CC1. The first kappa shape index (κ1) is 14.8. The third kappa shape index (κ3) is 3.55. The molecule has 0 aromatic carbocycles. The van der Waals surface area contributed by atoms with Gasteiger partial charge in [0.15, 0.2) is 0 Å². The van der Waals surface area contributed by atoms with Crippen LogP contribution in [0.4, 0.5) is 0 Å². The minimum absolute atomic E-state index is 0.253. The topological polar surface area (TPSA) is 47.1 Å². The molecule has 0 aromatic rings. The van der Waals surface area contributed by atoms with Crippen LogP contribution < -0.4 is 0 Å². The highest BCUT2D eigenvalue weighted by molar-refractivity contribution is 5.78. The minimum atomic E-state index is 0.253. The standard InChI is InChI=1S/C15H26N4O2/c20-13-17-6-4-16(5-7-17)12-15(21)19-10-8-18(9-11-19)14-2-1-3-14/h13-14H,1-12H2. The lowest BCUT2D eigenvalue weighted by atomic mass is 9.91. The normalized spacial score (nSPS) is 25.7. The number of amides is 2. The van der Waals surface area contributed by atoms with Crippen molar-refractivity contribution in [3.05, 3.63) is 0 Å². The van der Waals surface area contributed by atoms with Crippen LogP contribution in [0, 0.1) is 0 Å². The summed E-state index contributed by atoms with van der Waals surface area (Å²) in [5, 5.41) is 0. The van der Waals surface area contributed by atoms with Crippen molar-refractivity contribution >= 4 is 12.3 Å². The molecule has 2 saturated heterocycles. The van der Waals surface area contributed by atoms with Crippen LogP contribution in [0.2, 0.25) is 0 Å². The van der Waals surface area contributed by atoms with E-state index in [0.29, 0.717) is 6.54 Å². The van der Waals surface area contributed by atoms with E-state index >= 15 is 0 Å². The number of piperazine rings is 2.